The van der Waals surface area contributed by atoms with Crippen molar-refractivity contribution >= 4 is 43.6 Å². The van der Waals surface area contributed by atoms with E-state index in [1.165, 1.54) is 24.3 Å². The van der Waals surface area contributed by atoms with Gasteiger partial charge in [0.05, 0.1) is 20.2 Å². The predicted octanol–water partition coefficient (Wildman–Crippen LogP) is 4.05. The number of alkyl halides is 6. The van der Waals surface area contributed by atoms with E-state index in [0.29, 0.717) is 11.8 Å². The second-order valence-electron chi connectivity index (χ2n) is 5.67. The van der Waals surface area contributed by atoms with Gasteiger partial charge in [0.1, 0.15) is 60.1 Å². The lowest BCUT2D eigenvalue weighted by atomic mass is 10.1. The zero-order chi connectivity index (χ0) is 20.5. The lowest BCUT2D eigenvalue weighted by molar-refractivity contribution is 0.374. The van der Waals surface area contributed by atoms with E-state index in [4.69, 9.17) is 21.0 Å². The summed E-state index contributed by atoms with van der Waals surface area (Å²) in [6.45, 7) is 0. The fraction of sp³-hybridized carbons (Fsp3) is 0.500. The molecule has 8 atom stereocenters. The molecular weight excluding hydrogens is 516 g/mol. The number of hydrogen-bond donors (Lipinski definition) is 0. The number of nitrogens with zero attached hydrogens (tertiary/aromatic N) is 4. The van der Waals surface area contributed by atoms with Crippen molar-refractivity contribution < 1.29 is 17.6 Å². The van der Waals surface area contributed by atoms with Gasteiger partial charge in [0.25, 0.3) is 0 Å². The first-order valence-corrected chi connectivity index (χ1v) is 10.1. The maximum atomic E-state index is 14.8. The van der Waals surface area contributed by atoms with E-state index in [1.807, 2.05) is 0 Å². The van der Waals surface area contributed by atoms with Gasteiger partial charge >= 0.3 is 0 Å². The standard InChI is InChI=1S/C16H8Br2F4N4S/c17-9-11(19)7(5(1-23)2-24)13(21)15(9)27-16-10(18)12(20)8(14(16)22)6(3-25)4-26/h9-16H. The number of hydrogen-bond acceptors (Lipinski definition) is 5. The average molecular weight is 524 g/mol. The van der Waals surface area contributed by atoms with Crippen LogP contribution in [0.1, 0.15) is 0 Å². The fourth-order valence-corrected chi connectivity index (χ4v) is 6.35. The normalized spacial score (nSPS) is 37.9. The van der Waals surface area contributed by atoms with Crippen LogP contribution in [0.3, 0.4) is 0 Å². The molecule has 0 bridgehead atoms. The SMILES string of the molecule is N#CC(C#N)=C1C(F)C(Br)C(SC2C(F)C(=C(C#N)C#N)C(F)C2Br)C1F. The van der Waals surface area contributed by atoms with Gasteiger partial charge in [-0.25, -0.2) is 17.6 Å². The first kappa shape index (κ1) is 21.8. The topological polar surface area (TPSA) is 95.2 Å². The molecule has 0 spiro atoms. The second-order valence-corrected chi connectivity index (χ2v) is 9.14. The summed E-state index contributed by atoms with van der Waals surface area (Å²) in [5.41, 5.74) is -2.63. The summed E-state index contributed by atoms with van der Waals surface area (Å²) in [5.74, 6) is 0. The van der Waals surface area contributed by atoms with Crippen molar-refractivity contribution in [3.05, 3.63) is 22.3 Å². The minimum absolute atomic E-state index is 0.609. The van der Waals surface area contributed by atoms with Crippen LogP contribution in [-0.4, -0.2) is 44.8 Å². The summed E-state index contributed by atoms with van der Waals surface area (Å²) < 4.78 is 58.4. The van der Waals surface area contributed by atoms with Crippen LogP contribution in [-0.2, 0) is 0 Å². The summed E-state index contributed by atoms with van der Waals surface area (Å²) in [7, 11) is 0. The third-order valence-corrected chi connectivity index (χ3v) is 8.75. The molecule has 0 N–H and O–H groups in total. The molecule has 2 aliphatic rings. The van der Waals surface area contributed by atoms with Crippen molar-refractivity contribution in [3.8, 4) is 24.3 Å². The van der Waals surface area contributed by atoms with Gasteiger partial charge in [0.15, 0.2) is 0 Å². The Kier molecular flexibility index (Phi) is 6.98. The van der Waals surface area contributed by atoms with E-state index >= 15 is 0 Å². The minimum Gasteiger partial charge on any atom is -0.241 e. The van der Waals surface area contributed by atoms with Crippen molar-refractivity contribution in [2.24, 2.45) is 0 Å². The van der Waals surface area contributed by atoms with Gasteiger partial charge < -0.3 is 0 Å². The molecule has 0 amide bonds. The number of halogens is 6. The van der Waals surface area contributed by atoms with Crippen molar-refractivity contribution in [2.45, 2.75) is 44.8 Å². The number of allylic oxidation sites excluding steroid dienone is 4. The van der Waals surface area contributed by atoms with E-state index in [-0.39, 0.29) is 0 Å². The molecule has 0 aliphatic heterocycles. The highest BCUT2D eigenvalue weighted by atomic mass is 79.9. The van der Waals surface area contributed by atoms with E-state index in [1.54, 1.807) is 0 Å². The fourth-order valence-electron chi connectivity index (χ4n) is 2.99. The third-order valence-electron chi connectivity index (χ3n) is 4.29. The zero-order valence-electron chi connectivity index (χ0n) is 13.1. The highest BCUT2D eigenvalue weighted by Gasteiger charge is 2.55. The van der Waals surface area contributed by atoms with E-state index in [0.717, 1.165) is 0 Å². The predicted molar refractivity (Wildman–Crippen MR) is 96.7 cm³/mol. The second kappa shape index (κ2) is 8.65. The molecule has 27 heavy (non-hydrogen) atoms. The van der Waals surface area contributed by atoms with Crippen LogP contribution in [0.4, 0.5) is 17.6 Å². The van der Waals surface area contributed by atoms with Gasteiger partial charge in [0, 0.05) is 11.1 Å². The van der Waals surface area contributed by atoms with Crippen LogP contribution in [0.15, 0.2) is 22.3 Å². The first-order chi connectivity index (χ1) is 12.7. The lowest BCUT2D eigenvalue weighted by Gasteiger charge is -2.23. The van der Waals surface area contributed by atoms with E-state index in [2.05, 4.69) is 31.9 Å². The summed E-state index contributed by atoms with van der Waals surface area (Å²) >= 11 is 6.56. The van der Waals surface area contributed by atoms with Crippen LogP contribution < -0.4 is 0 Å². The molecule has 0 radical (unpaired) electrons. The smallest absolute Gasteiger partial charge is 0.140 e. The average Bonchev–Trinajstić information content (AvgIpc) is 2.99. The Morgan fingerprint density at radius 1 is 0.667 bits per heavy atom. The Bertz CT molecular complexity index is 764. The molecule has 140 valence electrons. The molecule has 8 unspecified atom stereocenters. The van der Waals surface area contributed by atoms with Crippen LogP contribution >= 0.6 is 43.6 Å². The van der Waals surface area contributed by atoms with Crippen LogP contribution in [0.2, 0.25) is 0 Å². The molecule has 2 rings (SSSR count). The van der Waals surface area contributed by atoms with Gasteiger partial charge in [0.2, 0.25) is 0 Å². The monoisotopic (exact) mass is 522 g/mol. The quantitative estimate of drug-likeness (QED) is 0.309. The third kappa shape index (κ3) is 3.61. The largest absolute Gasteiger partial charge is 0.241 e. The van der Waals surface area contributed by atoms with Gasteiger partial charge in [-0.1, -0.05) is 31.9 Å². The molecule has 0 saturated heterocycles. The summed E-state index contributed by atoms with van der Waals surface area (Å²) in [6.07, 6.45) is -8.09. The summed E-state index contributed by atoms with van der Waals surface area (Å²) in [6, 6.07) is 5.75. The van der Waals surface area contributed by atoms with Gasteiger partial charge in [-0.15, -0.1) is 11.8 Å². The van der Waals surface area contributed by atoms with Gasteiger partial charge in [-0.05, 0) is 0 Å². The van der Waals surface area contributed by atoms with Crippen molar-refractivity contribution in [1.82, 2.24) is 0 Å². The molecule has 0 aromatic carbocycles. The van der Waals surface area contributed by atoms with Crippen LogP contribution in [0.5, 0.6) is 0 Å². The molecule has 4 nitrogen and oxygen atoms in total. The number of rotatable bonds is 2. The lowest BCUT2D eigenvalue weighted by Crippen LogP contribution is -2.30. The molecule has 2 saturated carbocycles. The van der Waals surface area contributed by atoms with Crippen molar-refractivity contribution in [2.75, 3.05) is 0 Å². The Labute approximate surface area is 173 Å². The van der Waals surface area contributed by atoms with Gasteiger partial charge in [-0.2, -0.15) is 21.0 Å². The number of nitriles is 4. The Morgan fingerprint density at radius 3 is 1.22 bits per heavy atom. The molecular formula is C16H8Br2F4N4S. The molecule has 11 heteroatoms. The maximum Gasteiger partial charge on any atom is 0.140 e. The maximum absolute atomic E-state index is 14.8. The van der Waals surface area contributed by atoms with E-state index < -0.39 is 67.1 Å². The summed E-state index contributed by atoms with van der Waals surface area (Å²) in [5, 5.41) is 33.0. The van der Waals surface area contributed by atoms with Gasteiger partial charge in [-0.3, -0.25) is 0 Å². The van der Waals surface area contributed by atoms with Crippen LogP contribution in [0.25, 0.3) is 0 Å². The molecule has 0 aromatic rings. The summed E-state index contributed by atoms with van der Waals surface area (Å²) in [4.78, 5) is -2.35. The van der Waals surface area contributed by atoms with Crippen molar-refractivity contribution in [1.29, 1.82) is 21.0 Å². The Morgan fingerprint density at radius 2 is 0.963 bits per heavy atom. The highest BCUT2D eigenvalue weighted by Crippen LogP contribution is 2.51. The molecule has 2 fully saturated rings. The minimum atomic E-state index is -2.06. The number of thioether (sulfide) groups is 1. The highest BCUT2D eigenvalue weighted by molar-refractivity contribution is 9.10. The van der Waals surface area contributed by atoms with E-state index in [9.17, 15) is 17.6 Å². The Balaban J connectivity index is 2.38. The molecule has 0 heterocycles. The molecule has 0 aromatic heterocycles. The zero-order valence-corrected chi connectivity index (χ0v) is 17.1. The Hall–Kier alpha value is -1.53. The molecule has 2 aliphatic carbocycles. The van der Waals surface area contributed by atoms with Crippen molar-refractivity contribution in [3.63, 3.8) is 0 Å². The first-order valence-electron chi connectivity index (χ1n) is 7.33. The van der Waals surface area contributed by atoms with Crippen LogP contribution in [0, 0.1) is 45.3 Å².